The van der Waals surface area contributed by atoms with Gasteiger partial charge in [0, 0.05) is 0 Å². The molecule has 0 aliphatic rings. The van der Waals surface area contributed by atoms with Crippen LogP contribution in [-0.2, 0) is 11.3 Å². The first-order valence-corrected chi connectivity index (χ1v) is 10.1. The van der Waals surface area contributed by atoms with E-state index >= 15 is 0 Å². The fraction of sp³-hybridized carbons (Fsp3) is 0.222. The zero-order valence-electron chi connectivity index (χ0n) is 12.3. The second-order valence-corrected chi connectivity index (χ2v) is 9.84. The van der Waals surface area contributed by atoms with E-state index in [0.717, 1.165) is 0 Å². The van der Waals surface area contributed by atoms with E-state index < -0.39 is 8.07 Å². The minimum atomic E-state index is -1.47. The molecular weight excluding hydrogens is 260 g/mol. The van der Waals surface area contributed by atoms with Crippen LogP contribution in [0.3, 0.4) is 0 Å². The average Bonchev–Trinajstić information content (AvgIpc) is 2.49. The molecule has 0 radical (unpaired) electrons. The molecule has 0 fully saturated rings. The summed E-state index contributed by atoms with van der Waals surface area (Å²) in [5, 5.41) is 1.46. The van der Waals surface area contributed by atoms with Crippen LogP contribution in [0.15, 0.2) is 72.4 Å². The molecule has 20 heavy (non-hydrogen) atoms. The zero-order valence-corrected chi connectivity index (χ0v) is 13.3. The van der Waals surface area contributed by atoms with Gasteiger partial charge in [0.2, 0.25) is 0 Å². The van der Waals surface area contributed by atoms with Crippen LogP contribution in [0.5, 0.6) is 0 Å². The molecule has 104 valence electrons. The van der Waals surface area contributed by atoms with E-state index in [2.05, 4.69) is 67.3 Å². The second-order valence-electron chi connectivity index (χ2n) is 5.49. The first kappa shape index (κ1) is 14.8. The highest BCUT2D eigenvalue weighted by molar-refractivity contribution is 6.93. The third-order valence-electron chi connectivity index (χ3n) is 3.38. The minimum absolute atomic E-state index is 0.679. The van der Waals surface area contributed by atoms with Crippen LogP contribution in [0.1, 0.15) is 5.56 Å². The summed E-state index contributed by atoms with van der Waals surface area (Å²) < 4.78 is 5.69. The first-order chi connectivity index (χ1) is 9.68. The molecule has 1 nitrogen and oxygen atoms in total. The summed E-state index contributed by atoms with van der Waals surface area (Å²) in [7, 11) is -1.47. The topological polar surface area (TPSA) is 9.23 Å². The lowest BCUT2D eigenvalue weighted by molar-refractivity contribution is 0.149. The predicted molar refractivity (Wildman–Crippen MR) is 88.8 cm³/mol. The Bertz CT molecular complexity index is 532. The summed E-state index contributed by atoms with van der Waals surface area (Å²) in [6.45, 7) is 6.07. The third-order valence-corrected chi connectivity index (χ3v) is 6.27. The van der Waals surface area contributed by atoms with Crippen LogP contribution in [-0.4, -0.2) is 14.7 Å². The van der Waals surface area contributed by atoms with Crippen molar-refractivity contribution in [2.45, 2.75) is 19.7 Å². The van der Waals surface area contributed by atoms with Crippen molar-refractivity contribution in [3.8, 4) is 0 Å². The van der Waals surface area contributed by atoms with Crippen molar-refractivity contribution in [3.05, 3.63) is 78.0 Å². The Morgan fingerprint density at radius 1 is 0.900 bits per heavy atom. The number of ether oxygens (including phenoxy) is 1. The lowest BCUT2D eigenvalue weighted by Gasteiger charge is -2.18. The Labute approximate surface area is 122 Å². The highest BCUT2D eigenvalue weighted by Gasteiger charge is 2.18. The van der Waals surface area contributed by atoms with Crippen molar-refractivity contribution in [1.29, 1.82) is 0 Å². The van der Waals surface area contributed by atoms with Crippen molar-refractivity contribution in [1.82, 2.24) is 0 Å². The van der Waals surface area contributed by atoms with Gasteiger partial charge in [0.25, 0.3) is 0 Å². The normalized spacial score (nSPS) is 11.9. The van der Waals surface area contributed by atoms with Crippen LogP contribution in [0.4, 0.5) is 0 Å². The molecule has 0 aromatic heterocycles. The van der Waals surface area contributed by atoms with E-state index in [-0.39, 0.29) is 0 Å². The van der Waals surface area contributed by atoms with Crippen molar-refractivity contribution in [3.63, 3.8) is 0 Å². The maximum Gasteiger partial charge on any atom is 0.103 e. The van der Waals surface area contributed by atoms with Crippen molar-refractivity contribution < 1.29 is 4.74 Å². The number of rotatable bonds is 6. The molecule has 0 amide bonds. The fourth-order valence-corrected chi connectivity index (χ4v) is 4.06. The molecule has 0 aliphatic heterocycles. The largest absolute Gasteiger partial charge is 0.373 e. The molecule has 0 N–H and O–H groups in total. The SMILES string of the molecule is C[Si](C)(/C=C/COCc1ccccc1)c1ccccc1. The first-order valence-electron chi connectivity index (χ1n) is 7.03. The lowest BCUT2D eigenvalue weighted by Crippen LogP contribution is -2.39. The van der Waals surface area contributed by atoms with Gasteiger partial charge in [-0.3, -0.25) is 0 Å². The summed E-state index contributed by atoms with van der Waals surface area (Å²) >= 11 is 0. The monoisotopic (exact) mass is 282 g/mol. The van der Waals surface area contributed by atoms with Gasteiger partial charge in [0.15, 0.2) is 0 Å². The summed E-state index contributed by atoms with van der Waals surface area (Å²) in [5.74, 6) is 0. The Morgan fingerprint density at radius 2 is 1.50 bits per heavy atom. The molecule has 2 aromatic carbocycles. The molecule has 0 unspecified atom stereocenters. The summed E-state index contributed by atoms with van der Waals surface area (Å²) in [5.41, 5.74) is 3.58. The van der Waals surface area contributed by atoms with Crippen molar-refractivity contribution in [2.24, 2.45) is 0 Å². The molecule has 0 heterocycles. The highest BCUT2D eigenvalue weighted by atomic mass is 28.3. The molecule has 2 aromatic rings. The average molecular weight is 282 g/mol. The Balaban J connectivity index is 1.81. The quantitative estimate of drug-likeness (QED) is 0.576. The van der Waals surface area contributed by atoms with Gasteiger partial charge in [-0.05, 0) is 5.56 Å². The van der Waals surface area contributed by atoms with Crippen LogP contribution in [0.25, 0.3) is 0 Å². The Morgan fingerprint density at radius 3 is 2.15 bits per heavy atom. The van der Waals surface area contributed by atoms with E-state index in [9.17, 15) is 0 Å². The predicted octanol–water partition coefficient (Wildman–Crippen LogP) is 3.91. The third kappa shape index (κ3) is 4.48. The molecular formula is C18H22OSi. The standard InChI is InChI=1S/C18H22OSi/c1-20(2,18-12-7-4-8-13-18)15-9-14-19-16-17-10-5-3-6-11-17/h3-13,15H,14,16H2,1-2H3/b15-9+. The molecule has 2 heteroatoms. The maximum atomic E-state index is 5.69. The van der Waals surface area contributed by atoms with Gasteiger partial charge in [-0.25, -0.2) is 0 Å². The summed E-state index contributed by atoms with van der Waals surface area (Å²) in [6, 6.07) is 21.0. The van der Waals surface area contributed by atoms with Crippen LogP contribution in [0.2, 0.25) is 13.1 Å². The molecule has 0 saturated carbocycles. The van der Waals surface area contributed by atoms with E-state index in [0.29, 0.717) is 13.2 Å². The van der Waals surface area contributed by atoms with Crippen LogP contribution >= 0.6 is 0 Å². The summed E-state index contributed by atoms with van der Waals surface area (Å²) in [4.78, 5) is 0. The van der Waals surface area contributed by atoms with Crippen LogP contribution < -0.4 is 5.19 Å². The van der Waals surface area contributed by atoms with Gasteiger partial charge in [-0.15, -0.1) is 0 Å². The number of hydrogen-bond acceptors (Lipinski definition) is 1. The molecule has 0 spiro atoms. The molecule has 0 atom stereocenters. The molecule has 0 saturated heterocycles. The van der Waals surface area contributed by atoms with Gasteiger partial charge < -0.3 is 4.74 Å². The minimum Gasteiger partial charge on any atom is -0.373 e. The van der Waals surface area contributed by atoms with E-state index in [4.69, 9.17) is 4.74 Å². The van der Waals surface area contributed by atoms with E-state index in [1.807, 2.05) is 18.2 Å². The molecule has 0 bridgehead atoms. The van der Waals surface area contributed by atoms with Crippen molar-refractivity contribution >= 4 is 13.3 Å². The van der Waals surface area contributed by atoms with E-state index in [1.165, 1.54) is 10.8 Å². The van der Waals surface area contributed by atoms with Crippen molar-refractivity contribution in [2.75, 3.05) is 6.61 Å². The number of benzene rings is 2. The van der Waals surface area contributed by atoms with Crippen LogP contribution in [0, 0.1) is 0 Å². The van der Waals surface area contributed by atoms with Gasteiger partial charge in [-0.1, -0.05) is 90.7 Å². The van der Waals surface area contributed by atoms with Gasteiger partial charge in [0.1, 0.15) is 8.07 Å². The molecule has 0 aliphatic carbocycles. The lowest BCUT2D eigenvalue weighted by atomic mass is 10.2. The van der Waals surface area contributed by atoms with Gasteiger partial charge >= 0.3 is 0 Å². The summed E-state index contributed by atoms with van der Waals surface area (Å²) in [6.07, 6.45) is 2.17. The van der Waals surface area contributed by atoms with Gasteiger partial charge in [0.05, 0.1) is 13.2 Å². The smallest absolute Gasteiger partial charge is 0.103 e. The Hall–Kier alpha value is -1.64. The number of hydrogen-bond donors (Lipinski definition) is 0. The molecule has 2 rings (SSSR count). The van der Waals surface area contributed by atoms with Gasteiger partial charge in [-0.2, -0.15) is 0 Å². The Kier molecular flexibility index (Phi) is 5.33. The second kappa shape index (κ2) is 7.22. The zero-order chi connectivity index (χ0) is 14.3. The highest BCUT2D eigenvalue weighted by Crippen LogP contribution is 2.05. The van der Waals surface area contributed by atoms with E-state index in [1.54, 1.807) is 0 Å². The maximum absolute atomic E-state index is 5.69. The fourth-order valence-electron chi connectivity index (χ4n) is 2.13.